The van der Waals surface area contributed by atoms with Crippen LogP contribution in [0.25, 0.3) is 5.69 Å². The minimum absolute atomic E-state index is 0.260. The molecule has 0 aliphatic heterocycles. The minimum Gasteiger partial charge on any atom is -0.477 e. The largest absolute Gasteiger partial charge is 0.477 e. The Morgan fingerprint density at radius 1 is 1.24 bits per heavy atom. The van der Waals surface area contributed by atoms with E-state index >= 15 is 0 Å². The molecule has 0 unspecified atom stereocenters. The quantitative estimate of drug-likeness (QED) is 0.823. The molecule has 0 amide bonds. The van der Waals surface area contributed by atoms with Gasteiger partial charge in [0.2, 0.25) is 0 Å². The second-order valence-electron chi connectivity index (χ2n) is 3.98. The van der Waals surface area contributed by atoms with Crippen LogP contribution in [0.1, 0.15) is 21.5 Å². The molecule has 88 valence electrons. The maximum absolute atomic E-state index is 11.8. The van der Waals surface area contributed by atoms with Gasteiger partial charge in [0, 0.05) is 6.20 Å². The number of rotatable bonds is 2. The summed E-state index contributed by atoms with van der Waals surface area (Å²) in [6.45, 7) is 3.84. The number of aromatic carboxylic acids is 1. The van der Waals surface area contributed by atoms with Crippen LogP contribution in [0.4, 0.5) is 0 Å². The van der Waals surface area contributed by atoms with E-state index in [1.165, 1.54) is 10.9 Å². The van der Waals surface area contributed by atoms with Gasteiger partial charge in [-0.25, -0.2) is 9.48 Å². The fraction of sp³-hybridized carbons (Fsp3) is 0.167. The van der Waals surface area contributed by atoms with Crippen LogP contribution in [0.2, 0.25) is 0 Å². The standard InChI is InChI=1S/C12H12N2O3/c1-7-3-8(2)5-9(4-7)14-11(15)10(6-13-14)12(16)17/h3-6,13H,1-2H3,(H,16,17). The van der Waals surface area contributed by atoms with Gasteiger partial charge >= 0.3 is 5.97 Å². The number of benzene rings is 1. The van der Waals surface area contributed by atoms with Gasteiger partial charge < -0.3 is 5.11 Å². The molecule has 2 aromatic rings. The summed E-state index contributed by atoms with van der Waals surface area (Å²) < 4.78 is 1.23. The first-order valence-electron chi connectivity index (χ1n) is 5.11. The van der Waals surface area contributed by atoms with Crippen molar-refractivity contribution in [3.05, 3.63) is 51.4 Å². The topological polar surface area (TPSA) is 75.1 Å². The van der Waals surface area contributed by atoms with Crippen LogP contribution in [0.3, 0.4) is 0 Å². The predicted molar refractivity (Wildman–Crippen MR) is 62.8 cm³/mol. The molecule has 0 spiro atoms. The lowest BCUT2D eigenvalue weighted by molar-refractivity contribution is 0.0695. The maximum atomic E-state index is 11.8. The molecular formula is C12H12N2O3. The number of hydrogen-bond acceptors (Lipinski definition) is 2. The van der Waals surface area contributed by atoms with Gasteiger partial charge in [-0.1, -0.05) is 6.07 Å². The van der Waals surface area contributed by atoms with Gasteiger partial charge in [0.05, 0.1) is 5.69 Å². The molecule has 0 aliphatic carbocycles. The number of carboxylic acid groups (broad SMARTS) is 1. The van der Waals surface area contributed by atoms with E-state index in [9.17, 15) is 9.59 Å². The predicted octanol–water partition coefficient (Wildman–Crippen LogP) is 1.48. The van der Waals surface area contributed by atoms with Gasteiger partial charge in [0.1, 0.15) is 5.56 Å². The third kappa shape index (κ3) is 1.99. The summed E-state index contributed by atoms with van der Waals surface area (Å²) >= 11 is 0. The molecule has 0 bridgehead atoms. The second kappa shape index (κ2) is 3.93. The van der Waals surface area contributed by atoms with E-state index in [4.69, 9.17) is 5.11 Å². The third-order valence-electron chi connectivity index (χ3n) is 2.47. The number of carboxylic acids is 1. The molecule has 0 saturated heterocycles. The molecule has 5 heteroatoms. The Labute approximate surface area is 97.3 Å². The smallest absolute Gasteiger partial charge is 0.342 e. The van der Waals surface area contributed by atoms with Crippen molar-refractivity contribution in [2.75, 3.05) is 0 Å². The molecule has 0 atom stereocenters. The van der Waals surface area contributed by atoms with Crippen LogP contribution in [-0.4, -0.2) is 20.9 Å². The molecule has 17 heavy (non-hydrogen) atoms. The summed E-state index contributed by atoms with van der Waals surface area (Å²) in [5.41, 5.74) is 1.85. The average Bonchev–Trinajstić information content (AvgIpc) is 2.58. The fourth-order valence-electron chi connectivity index (χ4n) is 1.79. The second-order valence-corrected chi connectivity index (χ2v) is 3.98. The molecule has 1 heterocycles. The minimum atomic E-state index is -1.23. The van der Waals surface area contributed by atoms with E-state index < -0.39 is 11.5 Å². The van der Waals surface area contributed by atoms with E-state index in [2.05, 4.69) is 5.10 Å². The first kappa shape index (κ1) is 11.2. The highest BCUT2D eigenvalue weighted by molar-refractivity contribution is 5.86. The summed E-state index contributed by atoms with van der Waals surface area (Å²) in [6, 6.07) is 5.61. The molecule has 1 aromatic heterocycles. The normalized spacial score (nSPS) is 10.5. The van der Waals surface area contributed by atoms with Crippen molar-refractivity contribution >= 4 is 5.97 Å². The highest BCUT2D eigenvalue weighted by Crippen LogP contribution is 2.11. The number of carbonyl (C=O) groups is 1. The van der Waals surface area contributed by atoms with Crippen molar-refractivity contribution in [2.45, 2.75) is 13.8 Å². The van der Waals surface area contributed by atoms with Crippen LogP contribution in [0, 0.1) is 13.8 Å². The molecule has 2 rings (SSSR count). The summed E-state index contributed by atoms with van der Waals surface area (Å²) in [4.78, 5) is 22.6. The number of H-pyrrole nitrogens is 1. The Hall–Kier alpha value is -2.30. The Balaban J connectivity index is 2.61. The highest BCUT2D eigenvalue weighted by atomic mass is 16.4. The van der Waals surface area contributed by atoms with Gasteiger partial charge in [-0.05, 0) is 37.1 Å². The molecule has 0 saturated carbocycles. The average molecular weight is 232 g/mol. The highest BCUT2D eigenvalue weighted by Gasteiger charge is 2.13. The number of aryl methyl sites for hydroxylation is 2. The lowest BCUT2D eigenvalue weighted by atomic mass is 10.1. The van der Waals surface area contributed by atoms with E-state index in [0.29, 0.717) is 5.69 Å². The molecule has 0 fully saturated rings. The zero-order valence-electron chi connectivity index (χ0n) is 9.52. The van der Waals surface area contributed by atoms with E-state index in [-0.39, 0.29) is 5.56 Å². The Morgan fingerprint density at radius 2 is 1.82 bits per heavy atom. The first-order valence-corrected chi connectivity index (χ1v) is 5.11. The van der Waals surface area contributed by atoms with Crippen molar-refractivity contribution in [3.63, 3.8) is 0 Å². The zero-order chi connectivity index (χ0) is 12.6. The Morgan fingerprint density at radius 3 is 2.29 bits per heavy atom. The molecule has 5 nitrogen and oxygen atoms in total. The van der Waals surface area contributed by atoms with Gasteiger partial charge in [0.25, 0.3) is 5.56 Å². The first-order chi connectivity index (χ1) is 7.99. The lowest BCUT2D eigenvalue weighted by Crippen LogP contribution is -2.20. The van der Waals surface area contributed by atoms with Gasteiger partial charge in [-0.3, -0.25) is 9.89 Å². The maximum Gasteiger partial charge on any atom is 0.342 e. The van der Waals surface area contributed by atoms with Crippen molar-refractivity contribution < 1.29 is 9.90 Å². The summed E-state index contributed by atoms with van der Waals surface area (Å²) in [6.07, 6.45) is 1.20. The van der Waals surface area contributed by atoms with Crippen LogP contribution in [-0.2, 0) is 0 Å². The monoisotopic (exact) mass is 232 g/mol. The summed E-state index contributed by atoms with van der Waals surface area (Å²) in [7, 11) is 0. The number of aromatic nitrogens is 2. The molecular weight excluding hydrogens is 220 g/mol. The Kier molecular flexibility index (Phi) is 2.59. The number of nitrogens with zero attached hydrogens (tertiary/aromatic N) is 1. The third-order valence-corrected chi connectivity index (χ3v) is 2.47. The van der Waals surface area contributed by atoms with Gasteiger partial charge in [-0.2, -0.15) is 0 Å². The Bertz CT molecular complexity index is 617. The number of hydrogen-bond donors (Lipinski definition) is 2. The van der Waals surface area contributed by atoms with E-state index in [1.807, 2.05) is 32.0 Å². The van der Waals surface area contributed by atoms with Crippen LogP contribution >= 0.6 is 0 Å². The van der Waals surface area contributed by atoms with Crippen molar-refractivity contribution in [1.82, 2.24) is 9.78 Å². The number of nitrogens with one attached hydrogen (secondary N) is 1. The van der Waals surface area contributed by atoms with E-state index in [0.717, 1.165) is 11.1 Å². The van der Waals surface area contributed by atoms with Crippen LogP contribution in [0.5, 0.6) is 0 Å². The van der Waals surface area contributed by atoms with Gasteiger partial charge in [-0.15, -0.1) is 0 Å². The van der Waals surface area contributed by atoms with Crippen LogP contribution < -0.4 is 5.56 Å². The molecule has 2 N–H and O–H groups in total. The van der Waals surface area contributed by atoms with E-state index in [1.54, 1.807) is 0 Å². The van der Waals surface area contributed by atoms with Crippen molar-refractivity contribution in [3.8, 4) is 5.69 Å². The van der Waals surface area contributed by atoms with Crippen LogP contribution in [0.15, 0.2) is 29.2 Å². The van der Waals surface area contributed by atoms with Crippen molar-refractivity contribution in [2.24, 2.45) is 0 Å². The summed E-state index contributed by atoms with van der Waals surface area (Å²) in [5, 5.41) is 11.5. The summed E-state index contributed by atoms with van der Waals surface area (Å²) in [5.74, 6) is -1.23. The lowest BCUT2D eigenvalue weighted by Gasteiger charge is -2.04. The van der Waals surface area contributed by atoms with Gasteiger partial charge in [0.15, 0.2) is 0 Å². The van der Waals surface area contributed by atoms with Crippen molar-refractivity contribution in [1.29, 1.82) is 0 Å². The molecule has 0 radical (unpaired) electrons. The fourth-order valence-corrected chi connectivity index (χ4v) is 1.79. The number of aromatic amines is 1. The molecule has 0 aliphatic rings. The SMILES string of the molecule is Cc1cc(C)cc(-n2[nH]cc(C(=O)O)c2=O)c1. The molecule has 1 aromatic carbocycles. The zero-order valence-corrected chi connectivity index (χ0v) is 9.52.